The fraction of sp³-hybridized carbons (Fsp3) is 0.750. The van der Waals surface area contributed by atoms with Gasteiger partial charge in [0.1, 0.15) is 6.61 Å². The van der Waals surface area contributed by atoms with Crippen LogP contribution in [0.4, 0.5) is 18.4 Å². The molecule has 10 nitrogen and oxygen atoms in total. The van der Waals surface area contributed by atoms with Gasteiger partial charge in [0, 0.05) is 0 Å². The predicted molar refractivity (Wildman–Crippen MR) is 51.2 cm³/mol. The lowest BCUT2D eigenvalue weighted by Gasteiger charge is -2.36. The van der Waals surface area contributed by atoms with Crippen molar-refractivity contribution in [2.45, 2.75) is 30.5 Å². The summed E-state index contributed by atoms with van der Waals surface area (Å²) in [7, 11) is -4.76. The largest absolute Gasteiger partial charge is 0.511 e. The van der Waals surface area contributed by atoms with E-state index in [4.69, 9.17) is 0 Å². The highest BCUT2D eigenvalue weighted by atomic mass is 32.3. The van der Waals surface area contributed by atoms with Crippen molar-refractivity contribution in [3.63, 3.8) is 0 Å². The molecule has 0 aromatic carbocycles. The van der Waals surface area contributed by atoms with Gasteiger partial charge >= 0.3 is 22.7 Å². The zero-order valence-corrected chi connectivity index (χ0v) is 10.6. The molecule has 3 rings (SSSR count). The molecule has 3 heterocycles. The van der Waals surface area contributed by atoms with Crippen LogP contribution in [-0.2, 0) is 37.7 Å². The lowest BCUT2D eigenvalue weighted by atomic mass is 9.92. The van der Waals surface area contributed by atoms with Gasteiger partial charge in [0.15, 0.2) is 6.10 Å². The number of cyclic esters (lactones) is 4. The second-order valence-electron chi connectivity index (χ2n) is 4.24. The summed E-state index contributed by atoms with van der Waals surface area (Å²) in [5.74, 6) is 0. The van der Waals surface area contributed by atoms with Crippen LogP contribution in [0.15, 0.2) is 0 Å². The Kier molecular flexibility index (Phi) is 2.97. The molecule has 0 aliphatic carbocycles. The molecule has 21 heavy (non-hydrogen) atoms. The minimum atomic E-state index is -4.76. The smallest absolute Gasteiger partial charge is 0.431 e. The summed E-state index contributed by atoms with van der Waals surface area (Å²) in [4.78, 5) is 21.7. The van der Waals surface area contributed by atoms with Gasteiger partial charge in [-0.25, -0.2) is 18.0 Å². The Morgan fingerprint density at radius 3 is 2.38 bits per heavy atom. The molecule has 0 aromatic heterocycles. The lowest BCUT2D eigenvalue weighted by molar-refractivity contribution is -0.219. The van der Waals surface area contributed by atoms with E-state index in [0.29, 0.717) is 0 Å². The van der Waals surface area contributed by atoms with E-state index in [0.717, 1.165) is 0 Å². The van der Waals surface area contributed by atoms with Gasteiger partial charge < -0.3 is 18.9 Å². The average Bonchev–Trinajstić information content (AvgIpc) is 2.82. The van der Waals surface area contributed by atoms with Gasteiger partial charge in [-0.3, -0.25) is 0 Å². The SMILES string of the molecule is O=C1OC(F)C(C2OS(=O)(=O)OC23COC(=O)OC3F)O1. The monoisotopic (exact) mass is 332 g/mol. The molecule has 3 aliphatic heterocycles. The van der Waals surface area contributed by atoms with Crippen molar-refractivity contribution in [1.82, 2.24) is 0 Å². The van der Waals surface area contributed by atoms with Crippen LogP contribution in [0.5, 0.6) is 0 Å². The summed E-state index contributed by atoms with van der Waals surface area (Å²) >= 11 is 0. The first-order valence-electron chi connectivity index (χ1n) is 5.36. The molecule has 118 valence electrons. The fourth-order valence-electron chi connectivity index (χ4n) is 2.08. The van der Waals surface area contributed by atoms with Crippen LogP contribution in [-0.4, -0.2) is 57.9 Å². The Labute approximate surface area is 115 Å². The van der Waals surface area contributed by atoms with Gasteiger partial charge in [-0.1, -0.05) is 0 Å². The molecule has 13 heteroatoms. The van der Waals surface area contributed by atoms with Gasteiger partial charge in [-0.05, 0) is 0 Å². The summed E-state index contributed by atoms with van der Waals surface area (Å²) in [6.45, 7) is -0.961. The van der Waals surface area contributed by atoms with E-state index in [1.165, 1.54) is 0 Å². The number of hydrogen-bond acceptors (Lipinski definition) is 10. The van der Waals surface area contributed by atoms with E-state index in [9.17, 15) is 26.8 Å². The highest BCUT2D eigenvalue weighted by Gasteiger charge is 2.69. The first kappa shape index (κ1) is 14.2. The summed E-state index contributed by atoms with van der Waals surface area (Å²) in [5, 5.41) is 0. The molecule has 0 radical (unpaired) electrons. The molecule has 3 saturated heterocycles. The molecule has 0 aromatic rings. The van der Waals surface area contributed by atoms with Crippen LogP contribution in [0.3, 0.4) is 0 Å². The average molecular weight is 332 g/mol. The van der Waals surface area contributed by atoms with Crippen LogP contribution in [0.1, 0.15) is 0 Å². The fourth-order valence-corrected chi connectivity index (χ4v) is 3.24. The van der Waals surface area contributed by atoms with Gasteiger partial charge in [0.05, 0.1) is 0 Å². The van der Waals surface area contributed by atoms with Gasteiger partial charge in [-0.2, -0.15) is 17.2 Å². The molecule has 5 atom stereocenters. The zero-order valence-electron chi connectivity index (χ0n) is 9.76. The summed E-state index contributed by atoms with van der Waals surface area (Å²) in [6.07, 6.45) is -11.9. The summed E-state index contributed by atoms with van der Waals surface area (Å²) < 4.78 is 75.9. The topological polar surface area (TPSA) is 124 Å². The molecule has 0 bridgehead atoms. The maximum absolute atomic E-state index is 14.0. The van der Waals surface area contributed by atoms with Gasteiger partial charge in [-0.15, -0.1) is 0 Å². The van der Waals surface area contributed by atoms with E-state index in [1.807, 2.05) is 0 Å². The minimum absolute atomic E-state index is 0.961. The van der Waals surface area contributed by atoms with Crippen LogP contribution in [0, 0.1) is 0 Å². The maximum atomic E-state index is 14.0. The van der Waals surface area contributed by atoms with Crippen molar-refractivity contribution in [1.29, 1.82) is 0 Å². The standard InChI is InChI=1S/C8H6F2O10S/c9-4-2(16-7(12)17-4)3-8(20-21(13,14)19-3)1-15-6(11)18-5(8)10/h2-5H,1H2. The van der Waals surface area contributed by atoms with Gasteiger partial charge in [0.25, 0.3) is 12.7 Å². The second kappa shape index (κ2) is 4.38. The molecule has 0 N–H and O–H groups in total. The van der Waals surface area contributed by atoms with E-state index >= 15 is 0 Å². The first-order chi connectivity index (χ1) is 9.73. The molecule has 5 unspecified atom stereocenters. The van der Waals surface area contributed by atoms with Crippen molar-refractivity contribution in [2.24, 2.45) is 0 Å². The van der Waals surface area contributed by atoms with E-state index in [2.05, 4.69) is 27.3 Å². The first-order valence-corrected chi connectivity index (χ1v) is 6.69. The van der Waals surface area contributed by atoms with Crippen molar-refractivity contribution in [3.05, 3.63) is 0 Å². The maximum Gasteiger partial charge on any atom is 0.511 e. The summed E-state index contributed by atoms with van der Waals surface area (Å²) in [5.41, 5.74) is -2.55. The van der Waals surface area contributed by atoms with Crippen molar-refractivity contribution < 1.29 is 54.1 Å². The predicted octanol–water partition coefficient (Wildman–Crippen LogP) is -0.321. The molecule has 0 saturated carbocycles. The molecule has 3 aliphatic rings. The number of carbonyl (C=O) groups excluding carboxylic acids is 2. The number of hydrogen-bond donors (Lipinski definition) is 0. The normalized spacial score (nSPS) is 44.9. The van der Waals surface area contributed by atoms with E-state index < -0.39 is 59.8 Å². The summed E-state index contributed by atoms with van der Waals surface area (Å²) in [6, 6.07) is 0. The molecular weight excluding hydrogens is 326 g/mol. The van der Waals surface area contributed by atoms with E-state index in [1.54, 1.807) is 0 Å². The number of alkyl halides is 2. The number of halogens is 2. The molecule has 3 fully saturated rings. The Morgan fingerprint density at radius 1 is 1.10 bits per heavy atom. The Balaban J connectivity index is 1.97. The third-order valence-electron chi connectivity index (χ3n) is 2.96. The number of rotatable bonds is 1. The third-order valence-corrected chi connectivity index (χ3v) is 3.92. The molecule has 0 amide bonds. The second-order valence-corrected chi connectivity index (χ2v) is 5.41. The van der Waals surface area contributed by atoms with E-state index in [-0.39, 0.29) is 0 Å². The highest BCUT2D eigenvalue weighted by Crippen LogP contribution is 2.43. The van der Waals surface area contributed by atoms with Crippen LogP contribution in [0.2, 0.25) is 0 Å². The lowest BCUT2D eigenvalue weighted by Crippen LogP contribution is -2.61. The Morgan fingerprint density at radius 2 is 1.81 bits per heavy atom. The van der Waals surface area contributed by atoms with Crippen LogP contribution >= 0.6 is 0 Å². The molecular formula is C8H6F2O10S. The zero-order chi connectivity index (χ0) is 15.4. The third kappa shape index (κ3) is 2.16. The highest BCUT2D eigenvalue weighted by molar-refractivity contribution is 7.82. The van der Waals surface area contributed by atoms with Crippen molar-refractivity contribution >= 4 is 22.7 Å². The van der Waals surface area contributed by atoms with Crippen LogP contribution in [0.25, 0.3) is 0 Å². The van der Waals surface area contributed by atoms with Crippen molar-refractivity contribution in [2.75, 3.05) is 6.61 Å². The van der Waals surface area contributed by atoms with Crippen LogP contribution < -0.4 is 0 Å². The number of ether oxygens (including phenoxy) is 4. The van der Waals surface area contributed by atoms with Gasteiger partial charge in [0.2, 0.25) is 11.7 Å². The quantitative estimate of drug-likeness (QED) is 0.590. The minimum Gasteiger partial charge on any atom is -0.431 e. The molecule has 1 spiro atoms. The number of carbonyl (C=O) groups is 2. The Bertz CT molecular complexity index is 592. The Hall–Kier alpha value is -1.73. The van der Waals surface area contributed by atoms with Crippen molar-refractivity contribution in [3.8, 4) is 0 Å².